The highest BCUT2D eigenvalue weighted by molar-refractivity contribution is 7.81. The van der Waals surface area contributed by atoms with Crippen molar-refractivity contribution in [3.05, 3.63) is 58.7 Å². The zero-order chi connectivity index (χ0) is 28.2. The molecule has 0 spiro atoms. The first-order valence-electron chi connectivity index (χ1n) is 11.8. The lowest BCUT2D eigenvalue weighted by Gasteiger charge is -2.29. The topological polar surface area (TPSA) is 101 Å². The molecule has 208 valence electrons. The summed E-state index contributed by atoms with van der Waals surface area (Å²) in [6, 6.07) is 9.03. The maximum absolute atomic E-state index is 13.7. The molecule has 0 saturated carbocycles. The Morgan fingerprint density at radius 1 is 1.13 bits per heavy atom. The maximum atomic E-state index is 13.7. The van der Waals surface area contributed by atoms with Crippen LogP contribution < -0.4 is 24.8 Å². The molecular weight excluding hydrogens is 557 g/mol. The highest BCUT2D eigenvalue weighted by Crippen LogP contribution is 2.40. The summed E-state index contributed by atoms with van der Waals surface area (Å²) in [5.74, 6) is -0.875. The normalized spacial score (nSPS) is 14.5. The van der Waals surface area contributed by atoms with E-state index in [1.807, 2.05) is 7.05 Å². The number of benzene rings is 2. The van der Waals surface area contributed by atoms with E-state index in [2.05, 4.69) is 43.0 Å². The van der Waals surface area contributed by atoms with E-state index in [0.717, 1.165) is 25.9 Å². The minimum atomic E-state index is -4.78. The molecule has 9 nitrogen and oxygen atoms in total. The number of thiol groups is 1. The minimum Gasteiger partial charge on any atom is -0.495 e. The molecular formula is C25H26ClF3N6O3S. The van der Waals surface area contributed by atoms with Crippen LogP contribution in [0.1, 0.15) is 28.8 Å². The Balaban J connectivity index is 1.57. The van der Waals surface area contributed by atoms with Gasteiger partial charge in [0.15, 0.2) is 5.75 Å². The Labute approximate surface area is 233 Å². The van der Waals surface area contributed by atoms with Gasteiger partial charge in [-0.25, -0.2) is 4.98 Å². The van der Waals surface area contributed by atoms with Gasteiger partial charge < -0.3 is 29.7 Å². The van der Waals surface area contributed by atoms with Crippen LogP contribution in [-0.2, 0) is 6.18 Å². The lowest BCUT2D eigenvalue weighted by Crippen LogP contribution is -2.43. The fourth-order valence-electron chi connectivity index (χ4n) is 3.96. The predicted molar refractivity (Wildman–Crippen MR) is 145 cm³/mol. The molecule has 0 atom stereocenters. The van der Waals surface area contributed by atoms with Crippen molar-refractivity contribution in [2.75, 3.05) is 37.3 Å². The van der Waals surface area contributed by atoms with Crippen molar-refractivity contribution < 1.29 is 27.4 Å². The monoisotopic (exact) mass is 582 g/mol. The third-order valence-electron chi connectivity index (χ3n) is 6.09. The van der Waals surface area contributed by atoms with Crippen molar-refractivity contribution in [1.29, 1.82) is 0 Å². The number of carbonyl (C=O) groups excluding carboxylic acids is 1. The molecule has 4 rings (SSSR count). The number of likely N-dealkylation sites (tertiary alicyclic amines) is 1. The second kappa shape index (κ2) is 12.2. The second-order valence-electron chi connectivity index (χ2n) is 8.86. The highest BCUT2D eigenvalue weighted by atomic mass is 35.5. The van der Waals surface area contributed by atoms with Gasteiger partial charge in [-0.1, -0.05) is 24.4 Å². The Morgan fingerprint density at radius 3 is 2.54 bits per heavy atom. The van der Waals surface area contributed by atoms with Crippen LogP contribution in [0.5, 0.6) is 17.4 Å². The van der Waals surface area contributed by atoms with Gasteiger partial charge >= 0.3 is 6.18 Å². The first-order valence-corrected chi connectivity index (χ1v) is 12.7. The summed E-state index contributed by atoms with van der Waals surface area (Å²) >= 11 is 9.89. The number of aromatic nitrogens is 2. The van der Waals surface area contributed by atoms with Crippen LogP contribution in [0.4, 0.5) is 30.5 Å². The first kappa shape index (κ1) is 28.6. The molecule has 2 aromatic carbocycles. The molecule has 3 aromatic rings. The summed E-state index contributed by atoms with van der Waals surface area (Å²) in [7, 11) is 3.45. The van der Waals surface area contributed by atoms with Gasteiger partial charge in [0.05, 0.1) is 18.5 Å². The Hall–Kier alpha value is -3.42. The van der Waals surface area contributed by atoms with Gasteiger partial charge in [0.25, 0.3) is 5.91 Å². The molecule has 0 bridgehead atoms. The zero-order valence-electron chi connectivity index (χ0n) is 21.0. The number of halogens is 4. The molecule has 3 N–H and O–H groups in total. The van der Waals surface area contributed by atoms with Gasteiger partial charge in [-0.2, -0.15) is 18.2 Å². The minimum absolute atomic E-state index is 0.0158. The number of methoxy groups -OCH3 is 1. The molecule has 14 heteroatoms. The number of piperidine rings is 1. The van der Waals surface area contributed by atoms with Gasteiger partial charge in [-0.3, -0.25) is 4.79 Å². The lowest BCUT2D eigenvalue weighted by molar-refractivity contribution is -0.139. The molecule has 0 aliphatic carbocycles. The fourth-order valence-corrected chi connectivity index (χ4v) is 4.31. The summed E-state index contributed by atoms with van der Waals surface area (Å²) in [4.78, 5) is 22.8. The molecule has 1 amide bonds. The van der Waals surface area contributed by atoms with Crippen molar-refractivity contribution in [3.63, 3.8) is 0 Å². The van der Waals surface area contributed by atoms with E-state index >= 15 is 0 Å². The number of nitrogens with one attached hydrogen (secondary N) is 3. The zero-order valence-corrected chi connectivity index (χ0v) is 22.6. The Kier molecular flexibility index (Phi) is 8.93. The van der Waals surface area contributed by atoms with E-state index in [4.69, 9.17) is 21.1 Å². The van der Waals surface area contributed by atoms with Crippen LogP contribution in [-0.4, -0.2) is 54.1 Å². The number of nitrogens with zero attached hydrogens (tertiary/aromatic N) is 3. The van der Waals surface area contributed by atoms with Crippen molar-refractivity contribution in [2.24, 2.45) is 0 Å². The summed E-state index contributed by atoms with van der Waals surface area (Å²) in [5, 5.41) is 6.20. The van der Waals surface area contributed by atoms with Crippen molar-refractivity contribution in [1.82, 2.24) is 20.2 Å². The molecule has 1 aliphatic rings. The third kappa shape index (κ3) is 7.16. The Morgan fingerprint density at radius 2 is 1.87 bits per heavy atom. The number of alkyl halides is 3. The van der Waals surface area contributed by atoms with Gasteiger partial charge in [0.2, 0.25) is 11.8 Å². The molecule has 1 aliphatic heterocycles. The average molecular weight is 583 g/mol. The third-order valence-corrected chi connectivity index (χ3v) is 6.57. The molecule has 1 fully saturated rings. The molecule has 0 unspecified atom stereocenters. The summed E-state index contributed by atoms with van der Waals surface area (Å²) in [6.45, 7) is 1.81. The van der Waals surface area contributed by atoms with Crippen LogP contribution >= 0.6 is 24.4 Å². The van der Waals surface area contributed by atoms with Crippen LogP contribution in [0.25, 0.3) is 0 Å². The highest BCUT2D eigenvalue weighted by Gasteiger charge is 2.37. The van der Waals surface area contributed by atoms with Crippen molar-refractivity contribution in [3.8, 4) is 17.4 Å². The number of amides is 1. The van der Waals surface area contributed by atoms with Crippen LogP contribution in [0, 0.1) is 0 Å². The van der Waals surface area contributed by atoms with E-state index in [1.165, 1.54) is 31.4 Å². The van der Waals surface area contributed by atoms with E-state index in [0.29, 0.717) is 22.5 Å². The van der Waals surface area contributed by atoms with E-state index in [1.54, 1.807) is 12.1 Å². The maximum Gasteiger partial charge on any atom is 0.423 e. The number of rotatable bonds is 8. The van der Waals surface area contributed by atoms with Crippen LogP contribution in [0.15, 0.2) is 42.6 Å². The van der Waals surface area contributed by atoms with E-state index in [-0.39, 0.29) is 35.1 Å². The number of carbonyl (C=O) groups is 1. The molecule has 1 aromatic heterocycles. The molecule has 2 heterocycles. The van der Waals surface area contributed by atoms with Gasteiger partial charge in [0, 0.05) is 22.8 Å². The van der Waals surface area contributed by atoms with Gasteiger partial charge in [0.1, 0.15) is 11.3 Å². The Bertz CT molecular complexity index is 1340. The quantitative estimate of drug-likeness (QED) is 0.248. The fraction of sp³-hybridized carbons (Fsp3) is 0.320. The lowest BCUT2D eigenvalue weighted by atomic mass is 10.0. The van der Waals surface area contributed by atoms with Crippen molar-refractivity contribution >= 4 is 47.6 Å². The van der Waals surface area contributed by atoms with Crippen molar-refractivity contribution in [2.45, 2.75) is 25.1 Å². The average Bonchev–Trinajstić information content (AvgIpc) is 2.90. The number of hydrogen-bond acceptors (Lipinski definition) is 9. The van der Waals surface area contributed by atoms with E-state index in [9.17, 15) is 18.0 Å². The largest absolute Gasteiger partial charge is 0.495 e. The number of hydrogen-bond donors (Lipinski definition) is 4. The standard InChI is InChI=1S/C25H26ClF3N6O3S/c1-35-9-7-16(8-10-35)31-22(36)14-3-5-18(21(11-14)37-2)32-24-30-13-17(25(27,28)29)23(33-24)38-20-6-4-15(26)12-19(20)34-39/h3-6,11-13,16,34,39H,7-10H2,1-2H3,(H,31,36)(H,30,32,33). The summed E-state index contributed by atoms with van der Waals surface area (Å²) in [6.07, 6.45) is -2.45. The SMILES string of the molecule is COc1cc(C(=O)NC2CCN(C)CC2)ccc1Nc1ncc(C(F)(F)F)c(Oc2ccc(Cl)cc2NS)n1. The summed E-state index contributed by atoms with van der Waals surface area (Å²) < 4.78 is 54.5. The predicted octanol–water partition coefficient (Wildman–Crippen LogP) is 5.77. The number of anilines is 3. The summed E-state index contributed by atoms with van der Waals surface area (Å²) in [5.41, 5.74) is -0.227. The number of ether oxygens (including phenoxy) is 2. The van der Waals surface area contributed by atoms with Gasteiger partial charge in [-0.15, -0.1) is 0 Å². The second-order valence-corrected chi connectivity index (χ2v) is 9.52. The van der Waals surface area contributed by atoms with Crippen LogP contribution in [0.3, 0.4) is 0 Å². The molecule has 1 saturated heterocycles. The van der Waals surface area contributed by atoms with E-state index < -0.39 is 17.6 Å². The molecule has 39 heavy (non-hydrogen) atoms. The molecule has 0 radical (unpaired) electrons. The van der Waals surface area contributed by atoms with Crippen LogP contribution in [0.2, 0.25) is 5.02 Å². The van der Waals surface area contributed by atoms with Gasteiger partial charge in [-0.05, 0) is 69.4 Å². The first-order chi connectivity index (χ1) is 18.6. The smallest absolute Gasteiger partial charge is 0.423 e.